The van der Waals surface area contributed by atoms with Crippen molar-refractivity contribution in [3.8, 4) is 5.88 Å². The number of hydrogen-bond acceptors (Lipinski definition) is 7. The van der Waals surface area contributed by atoms with E-state index in [4.69, 9.17) is 16.2 Å². The fourth-order valence-corrected chi connectivity index (χ4v) is 2.65. The molecule has 116 valence electrons. The molecule has 9 heteroatoms. The van der Waals surface area contributed by atoms with Crippen molar-refractivity contribution >= 4 is 46.4 Å². The van der Waals surface area contributed by atoms with E-state index in [1.165, 1.54) is 12.1 Å². The summed E-state index contributed by atoms with van der Waals surface area (Å²) in [6, 6.07) is 13.5. The number of fused-ring (bicyclic) bond motifs is 1. The van der Waals surface area contributed by atoms with Gasteiger partial charge in [-0.2, -0.15) is 0 Å². The number of halogens is 1. The molecule has 0 atom stereocenters. The molecular formula is C14H9ClN4O3S. The molecule has 1 heterocycles. The predicted octanol–water partition coefficient (Wildman–Crippen LogP) is 4.19. The lowest BCUT2D eigenvalue weighted by Gasteiger charge is -2.08. The largest absolute Gasteiger partial charge is 0.361 e. The third kappa shape index (κ3) is 3.43. The third-order valence-electron chi connectivity index (χ3n) is 2.91. The van der Waals surface area contributed by atoms with Crippen LogP contribution in [-0.2, 0) is 0 Å². The van der Waals surface area contributed by atoms with Crippen molar-refractivity contribution in [3.63, 3.8) is 0 Å². The molecule has 0 radical (unpaired) electrons. The number of non-ortho nitro benzene ring substituents is 1. The Hall–Kier alpha value is -2.58. The first-order chi connectivity index (χ1) is 11.2. The predicted molar refractivity (Wildman–Crippen MR) is 88.6 cm³/mol. The lowest BCUT2D eigenvalue weighted by molar-refractivity contribution is -0.385. The molecule has 3 rings (SSSR count). The van der Waals surface area contributed by atoms with E-state index in [1.54, 1.807) is 18.2 Å². The average Bonchev–Trinajstić information content (AvgIpc) is 2.59. The SMILES string of the molecule is O=[N+]([O-])c1cccc(SNc2nc3ccccc3nc2OCl)c1. The second-order valence-corrected chi connectivity index (χ2v) is 5.44. The third-order valence-corrected chi connectivity index (χ3v) is 3.84. The van der Waals surface area contributed by atoms with Crippen LogP contribution >= 0.6 is 23.8 Å². The Morgan fingerprint density at radius 3 is 2.57 bits per heavy atom. The minimum Gasteiger partial charge on any atom is -0.361 e. The number of anilines is 1. The second kappa shape index (κ2) is 6.67. The quantitative estimate of drug-likeness (QED) is 0.420. The number of nitrogens with zero attached hydrogens (tertiary/aromatic N) is 3. The minimum atomic E-state index is -0.451. The van der Waals surface area contributed by atoms with Gasteiger partial charge < -0.3 is 9.01 Å². The molecule has 0 aliphatic carbocycles. The topological polar surface area (TPSA) is 90.2 Å². The number of nitrogens with one attached hydrogen (secondary N) is 1. The first-order valence-electron chi connectivity index (χ1n) is 6.40. The number of nitro benzene ring substituents is 1. The summed E-state index contributed by atoms with van der Waals surface area (Å²) < 4.78 is 7.67. The zero-order valence-electron chi connectivity index (χ0n) is 11.5. The monoisotopic (exact) mass is 348 g/mol. The maximum Gasteiger partial charge on any atom is 0.281 e. The molecule has 0 fully saturated rings. The highest BCUT2D eigenvalue weighted by Gasteiger charge is 2.12. The van der Waals surface area contributed by atoms with Gasteiger partial charge in [0, 0.05) is 17.0 Å². The minimum absolute atomic E-state index is 0.00946. The normalized spacial score (nSPS) is 10.5. The molecule has 0 saturated carbocycles. The molecule has 0 saturated heterocycles. The maximum absolute atomic E-state index is 10.8. The first kappa shape index (κ1) is 15.3. The van der Waals surface area contributed by atoms with Gasteiger partial charge in [0.05, 0.1) is 16.0 Å². The number of nitro groups is 1. The summed E-state index contributed by atoms with van der Waals surface area (Å²) in [7, 11) is 0. The molecule has 1 N–H and O–H groups in total. The second-order valence-electron chi connectivity index (χ2n) is 4.40. The van der Waals surface area contributed by atoms with Gasteiger partial charge in [-0.05, 0) is 30.1 Å². The lowest BCUT2D eigenvalue weighted by atomic mass is 10.3. The molecule has 0 bridgehead atoms. The van der Waals surface area contributed by atoms with Gasteiger partial charge in [0.15, 0.2) is 0 Å². The Labute approximate surface area is 140 Å². The van der Waals surface area contributed by atoms with E-state index in [0.29, 0.717) is 21.7 Å². The van der Waals surface area contributed by atoms with E-state index >= 15 is 0 Å². The Morgan fingerprint density at radius 1 is 1.13 bits per heavy atom. The van der Waals surface area contributed by atoms with Gasteiger partial charge in [-0.3, -0.25) is 10.1 Å². The van der Waals surface area contributed by atoms with Crippen LogP contribution in [0.15, 0.2) is 53.4 Å². The summed E-state index contributed by atoms with van der Waals surface area (Å²) >= 11 is 6.59. The van der Waals surface area contributed by atoms with Gasteiger partial charge >= 0.3 is 0 Å². The van der Waals surface area contributed by atoms with Crippen molar-refractivity contribution in [3.05, 3.63) is 58.6 Å². The van der Waals surface area contributed by atoms with Gasteiger partial charge in [0.2, 0.25) is 5.82 Å². The smallest absolute Gasteiger partial charge is 0.281 e. The molecule has 23 heavy (non-hydrogen) atoms. The van der Waals surface area contributed by atoms with Gasteiger partial charge in [0.25, 0.3) is 11.6 Å². The fraction of sp³-hybridized carbons (Fsp3) is 0. The molecule has 0 amide bonds. The van der Waals surface area contributed by atoms with Crippen molar-refractivity contribution < 1.29 is 9.21 Å². The molecule has 2 aromatic carbocycles. The molecule has 3 aromatic rings. The van der Waals surface area contributed by atoms with Crippen LogP contribution in [0.3, 0.4) is 0 Å². The summed E-state index contributed by atoms with van der Waals surface area (Å²) in [5, 5.41) is 10.8. The molecule has 1 aromatic heterocycles. The van der Waals surface area contributed by atoms with Crippen molar-refractivity contribution in [2.75, 3.05) is 4.72 Å². The fourth-order valence-electron chi connectivity index (χ4n) is 1.87. The highest BCUT2D eigenvalue weighted by atomic mass is 35.5. The van der Waals surface area contributed by atoms with E-state index in [9.17, 15) is 10.1 Å². The summed E-state index contributed by atoms with van der Waals surface area (Å²) in [6.45, 7) is 0. The number of benzene rings is 2. The summed E-state index contributed by atoms with van der Waals surface area (Å²) in [4.78, 5) is 19.6. The van der Waals surface area contributed by atoms with Crippen molar-refractivity contribution in [1.29, 1.82) is 0 Å². The molecular weight excluding hydrogens is 340 g/mol. The van der Waals surface area contributed by atoms with Crippen molar-refractivity contribution in [2.24, 2.45) is 0 Å². The molecule has 0 spiro atoms. The van der Waals surface area contributed by atoms with Crippen LogP contribution in [0.5, 0.6) is 5.88 Å². The molecule has 0 aliphatic heterocycles. The Bertz CT molecular complexity index is 878. The van der Waals surface area contributed by atoms with Crippen LogP contribution < -0.4 is 9.01 Å². The highest BCUT2D eigenvalue weighted by molar-refractivity contribution is 8.00. The standard InChI is InChI=1S/C14H9ClN4O3S/c15-22-14-13(16-11-6-1-2-7-12(11)17-14)18-23-10-5-3-4-9(8-10)19(20)21/h1-8H,(H,16,18). The van der Waals surface area contributed by atoms with Gasteiger partial charge in [-0.25, -0.2) is 9.97 Å². The summed E-state index contributed by atoms with van der Waals surface area (Å²) in [5.74, 6) is 0.457. The highest BCUT2D eigenvalue weighted by Crippen LogP contribution is 2.30. The summed E-state index contributed by atoms with van der Waals surface area (Å²) in [6.07, 6.45) is 0. The molecule has 0 unspecified atom stereocenters. The number of aromatic nitrogens is 2. The Kier molecular flexibility index (Phi) is 4.45. The van der Waals surface area contributed by atoms with E-state index in [2.05, 4.69) is 14.7 Å². The van der Waals surface area contributed by atoms with Crippen LogP contribution in [0.1, 0.15) is 0 Å². The Balaban J connectivity index is 1.86. The van der Waals surface area contributed by atoms with E-state index in [0.717, 1.165) is 11.9 Å². The van der Waals surface area contributed by atoms with Crippen molar-refractivity contribution in [1.82, 2.24) is 9.97 Å². The lowest BCUT2D eigenvalue weighted by Crippen LogP contribution is -1.97. The maximum atomic E-state index is 10.8. The van der Waals surface area contributed by atoms with E-state index in [1.807, 2.05) is 18.2 Å². The zero-order chi connectivity index (χ0) is 16.2. The van der Waals surface area contributed by atoms with Crippen LogP contribution in [0, 0.1) is 10.1 Å². The van der Waals surface area contributed by atoms with Crippen LogP contribution in [0.25, 0.3) is 11.0 Å². The number of hydrogen-bond donors (Lipinski definition) is 1. The zero-order valence-corrected chi connectivity index (χ0v) is 13.0. The Morgan fingerprint density at radius 2 is 1.87 bits per heavy atom. The van der Waals surface area contributed by atoms with Crippen LogP contribution in [-0.4, -0.2) is 14.9 Å². The molecule has 7 nitrogen and oxygen atoms in total. The first-order valence-corrected chi connectivity index (χ1v) is 7.52. The summed E-state index contributed by atoms with van der Waals surface area (Å²) in [5.41, 5.74) is 1.33. The van der Waals surface area contributed by atoms with Gasteiger partial charge in [-0.1, -0.05) is 18.2 Å². The van der Waals surface area contributed by atoms with Crippen molar-refractivity contribution in [2.45, 2.75) is 4.90 Å². The van der Waals surface area contributed by atoms with Gasteiger partial charge in [-0.15, -0.1) is 0 Å². The van der Waals surface area contributed by atoms with E-state index < -0.39 is 4.92 Å². The van der Waals surface area contributed by atoms with E-state index in [-0.39, 0.29) is 11.6 Å². The van der Waals surface area contributed by atoms with Gasteiger partial charge in [0.1, 0.15) is 11.9 Å². The average molecular weight is 349 g/mol. The van der Waals surface area contributed by atoms with Crippen LogP contribution in [0.2, 0.25) is 0 Å². The van der Waals surface area contributed by atoms with Crippen LogP contribution in [0.4, 0.5) is 11.5 Å². The number of para-hydroxylation sites is 2. The number of rotatable bonds is 5. The molecule has 0 aliphatic rings.